The summed E-state index contributed by atoms with van der Waals surface area (Å²) in [6.07, 6.45) is 1.65. The number of amides is 2. The van der Waals surface area contributed by atoms with Gasteiger partial charge in [-0.05, 0) is 12.5 Å². The lowest BCUT2D eigenvalue weighted by atomic mass is 9.89. The number of benzene rings is 1. The molecule has 0 saturated carbocycles. The molecule has 0 spiro atoms. The lowest BCUT2D eigenvalue weighted by Gasteiger charge is -2.23. The highest BCUT2D eigenvalue weighted by Gasteiger charge is 2.40. The Hall–Kier alpha value is -2.25. The number of primary amides is 1. The number of anilines is 1. The summed E-state index contributed by atoms with van der Waals surface area (Å²) in [5, 5.41) is 5.20. The number of hydrogen-bond donors (Lipinski definition) is 2. The molecule has 3 atom stereocenters. The van der Waals surface area contributed by atoms with Crippen LogP contribution in [0.4, 0.5) is 5.13 Å². The highest BCUT2D eigenvalue weighted by molar-refractivity contribution is 7.13. The van der Waals surface area contributed by atoms with E-state index in [1.54, 1.807) is 6.20 Å². The van der Waals surface area contributed by atoms with Crippen LogP contribution in [0, 0.1) is 5.92 Å². The summed E-state index contributed by atoms with van der Waals surface area (Å²) in [6.45, 7) is 2.96. The van der Waals surface area contributed by atoms with E-state index in [9.17, 15) is 9.59 Å². The molecule has 0 radical (unpaired) electrons. The van der Waals surface area contributed by atoms with E-state index in [4.69, 9.17) is 5.73 Å². The van der Waals surface area contributed by atoms with Crippen molar-refractivity contribution in [2.75, 3.05) is 18.4 Å². The van der Waals surface area contributed by atoms with E-state index in [1.165, 1.54) is 11.3 Å². The summed E-state index contributed by atoms with van der Waals surface area (Å²) in [5.41, 5.74) is 6.68. The van der Waals surface area contributed by atoms with Gasteiger partial charge in [-0.2, -0.15) is 0 Å². The Morgan fingerprint density at radius 1 is 1.33 bits per heavy atom. The molecular formula is C17H20N4O2S. The van der Waals surface area contributed by atoms with Gasteiger partial charge in [0.15, 0.2) is 5.13 Å². The summed E-state index contributed by atoms with van der Waals surface area (Å²) >= 11 is 1.38. The minimum Gasteiger partial charge on any atom is -0.369 e. The molecule has 6 nitrogen and oxygen atoms in total. The smallest absolute Gasteiger partial charge is 0.243 e. The first-order valence-electron chi connectivity index (χ1n) is 7.85. The fourth-order valence-corrected chi connectivity index (χ4v) is 3.67. The van der Waals surface area contributed by atoms with Gasteiger partial charge in [-0.3, -0.25) is 14.5 Å². The molecule has 1 unspecified atom stereocenters. The zero-order chi connectivity index (χ0) is 17.1. The SMILES string of the molecule is CC(C(=O)Nc1nccs1)N1C[C@H](C(N)=O)[C@@H](c2ccccc2)C1. The van der Waals surface area contributed by atoms with Crippen molar-refractivity contribution in [1.29, 1.82) is 0 Å². The van der Waals surface area contributed by atoms with E-state index in [0.717, 1.165) is 5.56 Å². The van der Waals surface area contributed by atoms with Gasteiger partial charge in [0, 0.05) is 30.6 Å². The molecule has 1 aromatic heterocycles. The molecule has 2 amide bonds. The molecular weight excluding hydrogens is 324 g/mol. The van der Waals surface area contributed by atoms with E-state index in [0.29, 0.717) is 18.2 Å². The number of aromatic nitrogens is 1. The Labute approximate surface area is 144 Å². The molecule has 126 valence electrons. The number of rotatable bonds is 5. The minimum absolute atomic E-state index is 0.0128. The van der Waals surface area contributed by atoms with Crippen molar-refractivity contribution in [3.63, 3.8) is 0 Å². The lowest BCUT2D eigenvalue weighted by molar-refractivity contribution is -0.123. The number of nitrogens with one attached hydrogen (secondary N) is 1. The predicted molar refractivity (Wildman–Crippen MR) is 93.6 cm³/mol. The second-order valence-corrected chi connectivity index (χ2v) is 6.88. The maximum Gasteiger partial charge on any atom is 0.243 e. The number of nitrogens with two attached hydrogens (primary N) is 1. The van der Waals surface area contributed by atoms with Crippen molar-refractivity contribution in [3.05, 3.63) is 47.5 Å². The van der Waals surface area contributed by atoms with E-state index >= 15 is 0 Å². The van der Waals surface area contributed by atoms with E-state index in [1.807, 2.05) is 47.5 Å². The molecule has 3 rings (SSSR count). The maximum atomic E-state index is 12.4. The van der Waals surface area contributed by atoms with Crippen molar-refractivity contribution in [1.82, 2.24) is 9.88 Å². The monoisotopic (exact) mass is 344 g/mol. The average molecular weight is 344 g/mol. The van der Waals surface area contributed by atoms with Crippen LogP contribution in [0.1, 0.15) is 18.4 Å². The van der Waals surface area contributed by atoms with Crippen LogP contribution < -0.4 is 11.1 Å². The third kappa shape index (κ3) is 3.47. The molecule has 1 aromatic carbocycles. The highest BCUT2D eigenvalue weighted by Crippen LogP contribution is 2.33. The van der Waals surface area contributed by atoms with Gasteiger partial charge in [0.2, 0.25) is 11.8 Å². The van der Waals surface area contributed by atoms with Crippen molar-refractivity contribution in [2.45, 2.75) is 18.9 Å². The maximum absolute atomic E-state index is 12.4. The van der Waals surface area contributed by atoms with Crippen molar-refractivity contribution < 1.29 is 9.59 Å². The summed E-state index contributed by atoms with van der Waals surface area (Å²) in [5.74, 6) is -0.720. The van der Waals surface area contributed by atoms with Gasteiger partial charge in [-0.1, -0.05) is 30.3 Å². The zero-order valence-electron chi connectivity index (χ0n) is 13.4. The van der Waals surface area contributed by atoms with Crippen LogP contribution in [0.15, 0.2) is 41.9 Å². The molecule has 2 heterocycles. The van der Waals surface area contributed by atoms with E-state index in [-0.39, 0.29) is 29.7 Å². The first kappa shape index (κ1) is 16.6. The second kappa shape index (κ2) is 7.11. The molecule has 1 saturated heterocycles. The van der Waals surface area contributed by atoms with Crippen molar-refractivity contribution >= 4 is 28.3 Å². The van der Waals surface area contributed by atoms with Gasteiger partial charge in [-0.15, -0.1) is 11.3 Å². The Morgan fingerprint density at radius 2 is 2.08 bits per heavy atom. The fourth-order valence-electron chi connectivity index (χ4n) is 3.14. The van der Waals surface area contributed by atoms with Crippen LogP contribution in [0.3, 0.4) is 0 Å². The van der Waals surface area contributed by atoms with Crippen LogP contribution in [0.25, 0.3) is 0 Å². The third-order valence-corrected chi connectivity index (χ3v) is 5.22. The quantitative estimate of drug-likeness (QED) is 0.863. The number of thiazole rings is 1. The predicted octanol–water partition coefficient (Wildman–Crippen LogP) is 1.67. The molecule has 3 N–H and O–H groups in total. The Balaban J connectivity index is 1.72. The number of likely N-dealkylation sites (tertiary alicyclic amines) is 1. The standard InChI is InChI=1S/C17H20N4O2S/c1-11(16(23)20-17-19-7-8-24-17)21-9-13(14(10-21)15(18)22)12-5-3-2-4-6-12/h2-8,11,13-14H,9-10H2,1H3,(H2,18,22)(H,19,20,23)/t11?,13-,14+/m1/s1. The Bertz CT molecular complexity index is 705. The largest absolute Gasteiger partial charge is 0.369 e. The average Bonchev–Trinajstić information content (AvgIpc) is 3.24. The van der Waals surface area contributed by atoms with Crippen molar-refractivity contribution in [2.24, 2.45) is 11.7 Å². The van der Waals surface area contributed by atoms with Crippen molar-refractivity contribution in [3.8, 4) is 0 Å². The lowest BCUT2D eigenvalue weighted by Crippen LogP contribution is -2.41. The zero-order valence-corrected chi connectivity index (χ0v) is 14.2. The van der Waals surface area contributed by atoms with Crippen LogP contribution in [-0.4, -0.2) is 40.8 Å². The Morgan fingerprint density at radius 3 is 2.71 bits per heavy atom. The molecule has 1 aliphatic heterocycles. The molecule has 24 heavy (non-hydrogen) atoms. The highest BCUT2D eigenvalue weighted by atomic mass is 32.1. The van der Waals surface area contributed by atoms with Crippen LogP contribution in [-0.2, 0) is 9.59 Å². The van der Waals surface area contributed by atoms with E-state index < -0.39 is 0 Å². The van der Waals surface area contributed by atoms with Crippen LogP contribution in [0.5, 0.6) is 0 Å². The van der Waals surface area contributed by atoms with Gasteiger partial charge in [-0.25, -0.2) is 4.98 Å². The van der Waals surface area contributed by atoms with Crippen LogP contribution in [0.2, 0.25) is 0 Å². The normalized spacial score (nSPS) is 22.2. The van der Waals surface area contributed by atoms with Gasteiger partial charge in [0.05, 0.1) is 12.0 Å². The molecule has 0 aliphatic carbocycles. The summed E-state index contributed by atoms with van der Waals surface area (Å²) in [4.78, 5) is 30.4. The fraction of sp³-hybridized carbons (Fsp3) is 0.353. The Kier molecular flexibility index (Phi) is 4.92. The molecule has 2 aromatic rings. The van der Waals surface area contributed by atoms with E-state index in [2.05, 4.69) is 10.3 Å². The molecule has 1 aliphatic rings. The number of hydrogen-bond acceptors (Lipinski definition) is 5. The van der Waals surface area contributed by atoms with Gasteiger partial charge < -0.3 is 11.1 Å². The molecule has 0 bridgehead atoms. The summed E-state index contributed by atoms with van der Waals surface area (Å²) in [6, 6.07) is 9.50. The number of carbonyl (C=O) groups excluding carboxylic acids is 2. The first-order valence-corrected chi connectivity index (χ1v) is 8.73. The first-order chi connectivity index (χ1) is 11.6. The van der Waals surface area contributed by atoms with Crippen LogP contribution >= 0.6 is 11.3 Å². The van der Waals surface area contributed by atoms with Gasteiger partial charge in [0.25, 0.3) is 0 Å². The summed E-state index contributed by atoms with van der Waals surface area (Å²) in [7, 11) is 0. The summed E-state index contributed by atoms with van der Waals surface area (Å²) < 4.78 is 0. The topological polar surface area (TPSA) is 88.3 Å². The number of carbonyl (C=O) groups is 2. The molecule has 1 fully saturated rings. The third-order valence-electron chi connectivity index (χ3n) is 4.53. The minimum atomic E-state index is -0.357. The molecule has 7 heteroatoms. The van der Waals surface area contributed by atoms with Gasteiger partial charge >= 0.3 is 0 Å². The number of nitrogens with zero attached hydrogens (tertiary/aromatic N) is 2. The van der Waals surface area contributed by atoms with Gasteiger partial charge in [0.1, 0.15) is 0 Å². The second-order valence-electron chi connectivity index (χ2n) is 5.98.